The molecule has 0 spiro atoms. The van der Waals surface area contributed by atoms with Crippen LogP contribution in [0.5, 0.6) is 11.5 Å². The van der Waals surface area contributed by atoms with Crippen LogP contribution in [-0.4, -0.2) is 70.5 Å². The fourth-order valence-corrected chi connectivity index (χ4v) is 4.04. The molecule has 0 fully saturated rings. The molecule has 0 saturated carbocycles. The van der Waals surface area contributed by atoms with Crippen LogP contribution in [0.3, 0.4) is 0 Å². The molecule has 1 aliphatic heterocycles. The lowest BCUT2D eigenvalue weighted by Crippen LogP contribution is -2.64. The predicted molar refractivity (Wildman–Crippen MR) is 115 cm³/mol. The van der Waals surface area contributed by atoms with E-state index in [1.165, 1.54) is 18.2 Å². The van der Waals surface area contributed by atoms with Crippen molar-refractivity contribution in [1.82, 2.24) is 9.91 Å². The van der Waals surface area contributed by atoms with Crippen molar-refractivity contribution in [2.75, 3.05) is 18.6 Å². The fourth-order valence-electron chi connectivity index (χ4n) is 4.04. The van der Waals surface area contributed by atoms with Crippen LogP contribution >= 0.6 is 0 Å². The van der Waals surface area contributed by atoms with E-state index in [9.17, 15) is 45.8 Å². The van der Waals surface area contributed by atoms with Crippen LogP contribution in [0, 0.1) is 0 Å². The molecule has 38 heavy (non-hydrogen) atoms. The van der Waals surface area contributed by atoms with Crippen molar-refractivity contribution in [1.29, 1.82) is 0 Å². The number of carbonyl (C=O) groups is 3. The summed E-state index contributed by atoms with van der Waals surface area (Å²) in [5.74, 6) is -2.21. The van der Waals surface area contributed by atoms with Gasteiger partial charge in [0.25, 0.3) is 0 Å². The molecule has 2 aromatic carbocycles. The number of amides is 3. The minimum absolute atomic E-state index is 0.0377. The molecule has 2 aliphatic rings. The molecule has 2 aromatic rings. The zero-order chi connectivity index (χ0) is 27.9. The van der Waals surface area contributed by atoms with E-state index in [0.29, 0.717) is 0 Å². The molecular weight excluding hydrogens is 530 g/mol. The van der Waals surface area contributed by atoms with Gasteiger partial charge in [-0.15, -0.1) is 13.2 Å². The highest BCUT2D eigenvalue weighted by atomic mass is 19.4. The molecule has 1 unspecified atom stereocenters. The lowest BCUT2D eigenvalue weighted by Gasteiger charge is -2.41. The van der Waals surface area contributed by atoms with Crippen molar-refractivity contribution in [3.8, 4) is 11.5 Å². The highest BCUT2D eigenvalue weighted by molar-refractivity contribution is 6.23. The van der Waals surface area contributed by atoms with Gasteiger partial charge < -0.3 is 24.8 Å². The monoisotopic (exact) mass is 546 g/mol. The van der Waals surface area contributed by atoms with Crippen LogP contribution in [0.25, 0.3) is 0 Å². The third-order valence-corrected chi connectivity index (χ3v) is 5.62. The second-order valence-electron chi connectivity index (χ2n) is 8.13. The highest BCUT2D eigenvalue weighted by Gasteiger charge is 2.57. The number of carboxylic acid groups (broad SMARTS) is 1. The molecule has 0 radical (unpaired) electrons. The minimum atomic E-state index is -4.91. The molecular formula is C22H16F6N4O6. The Morgan fingerprint density at radius 3 is 2.32 bits per heavy atom. The minimum Gasteiger partial charge on any atom is -0.484 e. The maximum Gasteiger partial charge on any atom is 0.573 e. The summed E-state index contributed by atoms with van der Waals surface area (Å²) in [5, 5.41) is 17.3. The molecule has 4 rings (SSSR count). The maximum atomic E-state index is 12.8. The number of hydrogen-bond acceptors (Lipinski definition) is 6. The van der Waals surface area contributed by atoms with E-state index in [1.807, 2.05) is 0 Å². The average Bonchev–Trinajstić information content (AvgIpc) is 3.17. The van der Waals surface area contributed by atoms with Crippen LogP contribution in [-0.2, 0) is 16.0 Å². The summed E-state index contributed by atoms with van der Waals surface area (Å²) >= 11 is 0. The molecule has 16 heteroatoms. The average molecular weight is 546 g/mol. The number of anilines is 1. The van der Waals surface area contributed by atoms with Crippen molar-refractivity contribution in [3.63, 3.8) is 0 Å². The Morgan fingerprint density at radius 2 is 1.74 bits per heavy atom. The summed E-state index contributed by atoms with van der Waals surface area (Å²) in [5.41, 5.74) is -1.83. The first-order chi connectivity index (χ1) is 17.7. The number of alkyl halides is 6. The summed E-state index contributed by atoms with van der Waals surface area (Å²) in [4.78, 5) is 37.9. The Bertz CT molecular complexity index is 1300. The molecule has 1 aliphatic carbocycles. The second kappa shape index (κ2) is 9.42. The number of hydrogen-bond donors (Lipinski definition) is 2. The Kier molecular flexibility index (Phi) is 6.59. The van der Waals surface area contributed by atoms with Crippen molar-refractivity contribution in [2.45, 2.75) is 24.5 Å². The van der Waals surface area contributed by atoms with Gasteiger partial charge in [0, 0.05) is 17.7 Å². The second-order valence-corrected chi connectivity index (χ2v) is 8.13. The molecule has 202 valence electrons. The molecule has 1 atom stereocenters. The number of nitrogens with one attached hydrogen (secondary N) is 1. The van der Waals surface area contributed by atoms with E-state index in [1.54, 1.807) is 0 Å². The smallest absolute Gasteiger partial charge is 0.484 e. The molecule has 0 bridgehead atoms. The topological polar surface area (TPSA) is 121 Å². The Labute approximate surface area is 209 Å². The number of benzene rings is 2. The summed E-state index contributed by atoms with van der Waals surface area (Å²) in [6.45, 7) is -2.19. The number of urea groups is 1. The number of carboxylic acids is 1. The van der Waals surface area contributed by atoms with E-state index in [0.717, 1.165) is 34.2 Å². The molecule has 10 nitrogen and oxygen atoms in total. The third kappa shape index (κ3) is 5.28. The number of rotatable bonds is 6. The van der Waals surface area contributed by atoms with Gasteiger partial charge in [-0.05, 0) is 48.0 Å². The van der Waals surface area contributed by atoms with Gasteiger partial charge in [0.05, 0.1) is 0 Å². The van der Waals surface area contributed by atoms with E-state index in [-0.39, 0.29) is 41.1 Å². The van der Waals surface area contributed by atoms with Gasteiger partial charge in [0.15, 0.2) is 12.1 Å². The fraction of sp³-hybridized carbons (Fsp3) is 0.273. The van der Waals surface area contributed by atoms with Crippen molar-refractivity contribution in [2.24, 2.45) is 5.10 Å². The van der Waals surface area contributed by atoms with E-state index in [4.69, 9.17) is 4.74 Å². The Hall–Kier alpha value is -4.50. The van der Waals surface area contributed by atoms with Crippen LogP contribution in [0.4, 0.5) is 36.8 Å². The number of carbonyl (C=O) groups excluding carboxylic acids is 2. The number of nitrogens with zero attached hydrogens (tertiary/aromatic N) is 3. The van der Waals surface area contributed by atoms with Gasteiger partial charge in [0.2, 0.25) is 6.41 Å². The Balaban J connectivity index is 1.62. The first-order valence-corrected chi connectivity index (χ1v) is 10.5. The van der Waals surface area contributed by atoms with Crippen LogP contribution in [0.15, 0.2) is 47.6 Å². The largest absolute Gasteiger partial charge is 0.573 e. The number of fused-ring (bicyclic) bond motifs is 3. The van der Waals surface area contributed by atoms with Gasteiger partial charge in [-0.2, -0.15) is 23.3 Å². The standard InChI is InChI=1S/C22H16F6N4O6/c23-21(24,25)9-37-15-5-6-16-12(7-15)8-20(18(34)35)17(16)30-32(10-31(20)11-33)19(36)29-13-1-3-14(4-2-13)38-22(26,27)28/h1-7,11H,8-10H2,(H,29,36)(H,34,35). The SMILES string of the molecule is O=CN1CN(C(=O)Nc2ccc(OC(F)(F)F)cc2)N=C2c3ccc(OCC(F)(F)F)cc3CC21C(=O)O. The van der Waals surface area contributed by atoms with E-state index < -0.39 is 49.1 Å². The highest BCUT2D eigenvalue weighted by Crippen LogP contribution is 2.40. The lowest BCUT2D eigenvalue weighted by molar-refractivity contribution is -0.274. The van der Waals surface area contributed by atoms with E-state index >= 15 is 0 Å². The molecule has 0 saturated heterocycles. The first-order valence-electron chi connectivity index (χ1n) is 10.5. The summed E-state index contributed by atoms with van der Waals surface area (Å²) in [6, 6.07) is 6.81. The van der Waals surface area contributed by atoms with Crippen molar-refractivity contribution < 1.29 is 55.3 Å². The maximum absolute atomic E-state index is 12.8. The van der Waals surface area contributed by atoms with Gasteiger partial charge in [-0.1, -0.05) is 0 Å². The zero-order valence-electron chi connectivity index (χ0n) is 18.8. The normalized spacial score (nSPS) is 18.7. The third-order valence-electron chi connectivity index (χ3n) is 5.62. The van der Waals surface area contributed by atoms with Crippen LogP contribution in [0.2, 0.25) is 0 Å². The van der Waals surface area contributed by atoms with Gasteiger partial charge in [-0.25, -0.2) is 9.59 Å². The number of halogens is 6. The van der Waals surface area contributed by atoms with Crippen molar-refractivity contribution in [3.05, 3.63) is 53.6 Å². The summed E-state index contributed by atoms with van der Waals surface area (Å²) in [7, 11) is 0. The first kappa shape index (κ1) is 26.6. The van der Waals surface area contributed by atoms with Gasteiger partial charge >= 0.3 is 24.5 Å². The summed E-state index contributed by atoms with van der Waals surface area (Å²) < 4.78 is 83.0. The molecule has 3 amide bonds. The van der Waals surface area contributed by atoms with Crippen LogP contribution in [0.1, 0.15) is 11.1 Å². The zero-order valence-corrected chi connectivity index (χ0v) is 18.8. The molecule has 0 aromatic heterocycles. The quantitative estimate of drug-likeness (QED) is 0.422. The molecule has 1 heterocycles. The van der Waals surface area contributed by atoms with E-state index in [2.05, 4.69) is 15.2 Å². The Morgan fingerprint density at radius 1 is 1.08 bits per heavy atom. The summed E-state index contributed by atoms with van der Waals surface area (Å²) in [6.07, 6.45) is -9.67. The number of aliphatic carboxylic acids is 1. The molecule has 2 N–H and O–H groups in total. The number of hydrazone groups is 1. The van der Waals surface area contributed by atoms with Crippen molar-refractivity contribution >= 4 is 29.8 Å². The predicted octanol–water partition coefficient (Wildman–Crippen LogP) is 3.57. The lowest BCUT2D eigenvalue weighted by atomic mass is 9.91. The van der Waals surface area contributed by atoms with Gasteiger partial charge in [-0.3, -0.25) is 4.79 Å². The van der Waals surface area contributed by atoms with Gasteiger partial charge in [0.1, 0.15) is 23.9 Å². The number of ether oxygens (including phenoxy) is 2. The van der Waals surface area contributed by atoms with Crippen LogP contribution < -0.4 is 14.8 Å².